The second-order valence-electron chi connectivity index (χ2n) is 6.06. The number of nitrogens with zero attached hydrogens (tertiary/aromatic N) is 1. The maximum atomic E-state index is 14.1. The Morgan fingerprint density at radius 3 is 2.84 bits per heavy atom. The number of rotatable bonds is 4. The van der Waals surface area contributed by atoms with Gasteiger partial charge in [0.1, 0.15) is 5.82 Å². The van der Waals surface area contributed by atoms with E-state index in [0.717, 1.165) is 30.6 Å². The monoisotopic (exact) mass is 264 g/mol. The Bertz CT molecular complexity index is 431. The SMILES string of the molecule is Cc1ccc(F)c(C2C(CNC(C)C)CCN2C)c1. The maximum absolute atomic E-state index is 14.1. The van der Waals surface area contributed by atoms with E-state index >= 15 is 0 Å². The van der Waals surface area contributed by atoms with E-state index in [1.54, 1.807) is 6.07 Å². The first-order valence-corrected chi connectivity index (χ1v) is 7.18. The van der Waals surface area contributed by atoms with Gasteiger partial charge in [0.25, 0.3) is 0 Å². The Kier molecular flexibility index (Phi) is 4.58. The molecule has 1 aliphatic rings. The van der Waals surface area contributed by atoms with E-state index in [1.807, 2.05) is 19.1 Å². The van der Waals surface area contributed by atoms with Crippen molar-refractivity contribution in [2.45, 2.75) is 39.3 Å². The molecule has 19 heavy (non-hydrogen) atoms. The Labute approximate surface area is 116 Å². The zero-order valence-corrected chi connectivity index (χ0v) is 12.4. The van der Waals surface area contributed by atoms with Gasteiger partial charge in [-0.05, 0) is 38.9 Å². The number of hydrogen-bond donors (Lipinski definition) is 1. The third kappa shape index (κ3) is 3.34. The van der Waals surface area contributed by atoms with E-state index < -0.39 is 0 Å². The van der Waals surface area contributed by atoms with Crippen molar-refractivity contribution in [2.24, 2.45) is 5.92 Å². The fraction of sp³-hybridized carbons (Fsp3) is 0.625. The molecule has 1 aliphatic heterocycles. The van der Waals surface area contributed by atoms with Crippen LogP contribution in [0.25, 0.3) is 0 Å². The van der Waals surface area contributed by atoms with Crippen molar-refractivity contribution < 1.29 is 4.39 Å². The lowest BCUT2D eigenvalue weighted by Gasteiger charge is -2.27. The first-order chi connectivity index (χ1) is 8.99. The minimum Gasteiger partial charge on any atom is -0.314 e. The van der Waals surface area contributed by atoms with Crippen molar-refractivity contribution in [2.75, 3.05) is 20.1 Å². The topological polar surface area (TPSA) is 15.3 Å². The number of benzene rings is 1. The normalized spacial score (nSPS) is 24.3. The Balaban J connectivity index is 2.21. The van der Waals surface area contributed by atoms with Crippen LogP contribution in [0.3, 0.4) is 0 Å². The van der Waals surface area contributed by atoms with Crippen LogP contribution in [-0.4, -0.2) is 31.1 Å². The minimum atomic E-state index is -0.0705. The van der Waals surface area contributed by atoms with Crippen LogP contribution in [0, 0.1) is 18.7 Å². The summed E-state index contributed by atoms with van der Waals surface area (Å²) in [5.74, 6) is 0.419. The second kappa shape index (κ2) is 6.02. The summed E-state index contributed by atoms with van der Waals surface area (Å²) in [6, 6.07) is 6.13. The molecule has 1 aromatic carbocycles. The fourth-order valence-corrected chi connectivity index (χ4v) is 3.01. The van der Waals surface area contributed by atoms with Crippen molar-refractivity contribution in [1.29, 1.82) is 0 Å². The third-order valence-corrected chi connectivity index (χ3v) is 4.03. The van der Waals surface area contributed by atoms with Crippen molar-refractivity contribution in [1.82, 2.24) is 10.2 Å². The summed E-state index contributed by atoms with van der Waals surface area (Å²) in [6.07, 6.45) is 1.13. The molecule has 1 N–H and O–H groups in total. The molecular weight excluding hydrogens is 239 g/mol. The van der Waals surface area contributed by atoms with Gasteiger partial charge >= 0.3 is 0 Å². The molecule has 1 aromatic rings. The molecule has 1 fully saturated rings. The summed E-state index contributed by atoms with van der Waals surface area (Å²) in [6.45, 7) is 8.34. The maximum Gasteiger partial charge on any atom is 0.128 e. The molecule has 0 spiro atoms. The molecule has 0 saturated carbocycles. The lowest BCUT2D eigenvalue weighted by atomic mass is 9.92. The van der Waals surface area contributed by atoms with Gasteiger partial charge in [-0.3, -0.25) is 4.90 Å². The van der Waals surface area contributed by atoms with E-state index in [9.17, 15) is 4.39 Å². The highest BCUT2D eigenvalue weighted by atomic mass is 19.1. The Hall–Kier alpha value is -0.930. The van der Waals surface area contributed by atoms with Crippen LogP contribution in [0.1, 0.15) is 37.4 Å². The molecule has 0 radical (unpaired) electrons. The van der Waals surface area contributed by atoms with Crippen LogP contribution >= 0.6 is 0 Å². The number of likely N-dealkylation sites (tertiary alicyclic amines) is 1. The van der Waals surface area contributed by atoms with E-state index in [1.165, 1.54) is 0 Å². The summed E-state index contributed by atoms with van der Waals surface area (Å²) in [5, 5.41) is 3.49. The van der Waals surface area contributed by atoms with Crippen LogP contribution in [0.15, 0.2) is 18.2 Å². The van der Waals surface area contributed by atoms with E-state index in [-0.39, 0.29) is 11.9 Å². The van der Waals surface area contributed by atoms with Gasteiger partial charge < -0.3 is 5.32 Å². The molecule has 1 heterocycles. The quantitative estimate of drug-likeness (QED) is 0.899. The minimum absolute atomic E-state index is 0.0705. The van der Waals surface area contributed by atoms with Crippen molar-refractivity contribution in [3.05, 3.63) is 35.1 Å². The molecule has 2 rings (SSSR count). The zero-order chi connectivity index (χ0) is 14.0. The predicted octanol–water partition coefficient (Wildman–Crippen LogP) is 3.12. The fourth-order valence-electron chi connectivity index (χ4n) is 3.01. The van der Waals surface area contributed by atoms with Crippen molar-refractivity contribution in [3.8, 4) is 0 Å². The molecular formula is C16H25FN2. The lowest BCUT2D eigenvalue weighted by Crippen LogP contribution is -2.32. The Morgan fingerprint density at radius 1 is 1.42 bits per heavy atom. The van der Waals surface area contributed by atoms with Gasteiger partial charge in [0.2, 0.25) is 0 Å². The van der Waals surface area contributed by atoms with Crippen LogP contribution < -0.4 is 5.32 Å². The van der Waals surface area contributed by atoms with E-state index in [2.05, 4.69) is 31.1 Å². The summed E-state index contributed by atoms with van der Waals surface area (Å²) in [5.41, 5.74) is 1.99. The number of hydrogen-bond acceptors (Lipinski definition) is 2. The molecule has 3 heteroatoms. The summed E-state index contributed by atoms with van der Waals surface area (Å²) in [4.78, 5) is 2.28. The zero-order valence-electron chi connectivity index (χ0n) is 12.4. The van der Waals surface area contributed by atoms with Gasteiger partial charge in [0, 0.05) is 24.2 Å². The predicted molar refractivity (Wildman–Crippen MR) is 77.8 cm³/mol. The number of nitrogens with one attached hydrogen (secondary N) is 1. The van der Waals surface area contributed by atoms with Crippen LogP contribution in [0.2, 0.25) is 0 Å². The summed E-state index contributed by atoms with van der Waals surface area (Å²) >= 11 is 0. The van der Waals surface area contributed by atoms with Gasteiger partial charge in [-0.1, -0.05) is 31.5 Å². The first-order valence-electron chi connectivity index (χ1n) is 7.18. The largest absolute Gasteiger partial charge is 0.314 e. The van der Waals surface area contributed by atoms with Crippen LogP contribution in [-0.2, 0) is 0 Å². The highest BCUT2D eigenvalue weighted by Gasteiger charge is 2.34. The molecule has 0 bridgehead atoms. The van der Waals surface area contributed by atoms with Crippen molar-refractivity contribution >= 4 is 0 Å². The molecule has 2 nitrogen and oxygen atoms in total. The summed E-state index contributed by atoms with van der Waals surface area (Å²) < 4.78 is 14.1. The molecule has 0 amide bonds. The lowest BCUT2D eigenvalue weighted by molar-refractivity contribution is 0.263. The van der Waals surface area contributed by atoms with Gasteiger partial charge in [-0.25, -0.2) is 4.39 Å². The standard InChI is InChI=1S/C16H25FN2/c1-11(2)18-10-13-7-8-19(4)16(13)14-9-12(3)5-6-15(14)17/h5-6,9,11,13,16,18H,7-8,10H2,1-4H3. The highest BCUT2D eigenvalue weighted by molar-refractivity contribution is 5.28. The third-order valence-electron chi connectivity index (χ3n) is 4.03. The average Bonchev–Trinajstić information content (AvgIpc) is 2.71. The van der Waals surface area contributed by atoms with Crippen LogP contribution in [0.5, 0.6) is 0 Å². The van der Waals surface area contributed by atoms with Crippen LogP contribution in [0.4, 0.5) is 4.39 Å². The van der Waals surface area contributed by atoms with E-state index in [0.29, 0.717) is 12.0 Å². The number of aryl methyl sites for hydroxylation is 1. The highest BCUT2D eigenvalue weighted by Crippen LogP contribution is 2.37. The average molecular weight is 264 g/mol. The molecule has 0 aromatic heterocycles. The van der Waals surface area contributed by atoms with Gasteiger partial charge in [-0.15, -0.1) is 0 Å². The molecule has 2 unspecified atom stereocenters. The van der Waals surface area contributed by atoms with E-state index in [4.69, 9.17) is 0 Å². The van der Waals surface area contributed by atoms with Gasteiger partial charge in [0.05, 0.1) is 0 Å². The van der Waals surface area contributed by atoms with Gasteiger partial charge in [-0.2, -0.15) is 0 Å². The van der Waals surface area contributed by atoms with Crippen molar-refractivity contribution in [3.63, 3.8) is 0 Å². The Morgan fingerprint density at radius 2 is 2.16 bits per heavy atom. The molecule has 2 atom stereocenters. The molecule has 106 valence electrons. The second-order valence-corrected chi connectivity index (χ2v) is 6.06. The molecule has 0 aliphatic carbocycles. The first kappa shape index (κ1) is 14.5. The number of halogens is 1. The molecule has 1 saturated heterocycles. The summed E-state index contributed by atoms with van der Waals surface area (Å²) in [7, 11) is 2.10. The van der Waals surface area contributed by atoms with Gasteiger partial charge in [0.15, 0.2) is 0 Å². The smallest absolute Gasteiger partial charge is 0.128 e.